The van der Waals surface area contributed by atoms with Crippen molar-refractivity contribution < 1.29 is 4.79 Å². The Hall–Kier alpha value is -2.35. The van der Waals surface area contributed by atoms with Gasteiger partial charge in [-0.15, -0.1) is 6.58 Å². The summed E-state index contributed by atoms with van der Waals surface area (Å²) in [7, 11) is 0. The number of benzene rings is 2. The van der Waals surface area contributed by atoms with Gasteiger partial charge < -0.3 is 0 Å². The van der Waals surface area contributed by atoms with Gasteiger partial charge in [0.2, 0.25) is 5.91 Å². The molecule has 0 heterocycles. The molecule has 2 aromatic rings. The molecule has 22 heavy (non-hydrogen) atoms. The van der Waals surface area contributed by atoms with E-state index in [-0.39, 0.29) is 17.7 Å². The molecule has 2 aromatic carbocycles. The average Bonchev–Trinajstić information content (AvgIpc) is 2.54. The van der Waals surface area contributed by atoms with E-state index in [0.29, 0.717) is 6.42 Å². The second-order valence-electron chi connectivity index (χ2n) is 5.72. The van der Waals surface area contributed by atoms with Crippen LogP contribution in [0, 0.1) is 11.8 Å². The van der Waals surface area contributed by atoms with Crippen molar-refractivity contribution in [2.45, 2.75) is 20.3 Å². The second kappa shape index (κ2) is 7.60. The maximum atomic E-state index is 13.2. The van der Waals surface area contributed by atoms with Gasteiger partial charge in [-0.1, -0.05) is 56.3 Å². The van der Waals surface area contributed by atoms with Crippen LogP contribution < -0.4 is 4.90 Å². The summed E-state index contributed by atoms with van der Waals surface area (Å²) in [4.78, 5) is 15.0. The average molecular weight is 293 g/mol. The van der Waals surface area contributed by atoms with E-state index in [2.05, 4.69) is 20.4 Å². The van der Waals surface area contributed by atoms with Crippen LogP contribution in [0.25, 0.3) is 0 Å². The first-order valence-corrected chi connectivity index (χ1v) is 7.70. The molecule has 0 bridgehead atoms. The highest BCUT2D eigenvalue weighted by Crippen LogP contribution is 2.30. The summed E-state index contributed by atoms with van der Waals surface area (Å²) in [5, 5.41) is 0. The van der Waals surface area contributed by atoms with E-state index in [9.17, 15) is 4.79 Å². The molecule has 2 heteroatoms. The molecule has 0 aliphatic carbocycles. The molecule has 0 aliphatic rings. The fourth-order valence-corrected chi connectivity index (χ4v) is 2.56. The lowest BCUT2D eigenvalue weighted by Gasteiger charge is -2.29. The molecular formula is C20H23NO. The predicted octanol–water partition coefficient (Wildman–Crippen LogP) is 5.20. The fraction of sp³-hybridized carbons (Fsp3) is 0.250. The Balaban J connectivity index is 2.45. The number of nitrogens with zero attached hydrogens (tertiary/aromatic N) is 1. The quantitative estimate of drug-likeness (QED) is 0.670. The van der Waals surface area contributed by atoms with Crippen LogP contribution in [-0.4, -0.2) is 5.91 Å². The van der Waals surface area contributed by atoms with Gasteiger partial charge in [-0.05, 0) is 36.6 Å². The molecule has 1 atom stereocenters. The highest BCUT2D eigenvalue weighted by molar-refractivity contribution is 6.01. The Labute approximate surface area is 133 Å². The topological polar surface area (TPSA) is 20.3 Å². The normalized spacial score (nSPS) is 12.0. The number of carbonyl (C=O) groups is 1. The molecule has 1 unspecified atom stereocenters. The smallest absolute Gasteiger partial charge is 0.235 e. The lowest BCUT2D eigenvalue weighted by atomic mass is 9.90. The van der Waals surface area contributed by atoms with Gasteiger partial charge in [-0.3, -0.25) is 9.69 Å². The van der Waals surface area contributed by atoms with Gasteiger partial charge in [-0.2, -0.15) is 0 Å². The number of hydrogen-bond acceptors (Lipinski definition) is 1. The fourth-order valence-electron chi connectivity index (χ4n) is 2.56. The standard InChI is InChI=1S/C20H23NO/c1-4-11-19(16(2)3)20(22)21(17-12-7-5-8-13-17)18-14-9-6-10-15-18/h4-10,12-16,19H,1,11H2,2-3H3. The Morgan fingerprint density at radius 2 is 1.45 bits per heavy atom. The molecule has 0 saturated heterocycles. The van der Waals surface area contributed by atoms with Crippen LogP contribution in [0.4, 0.5) is 11.4 Å². The second-order valence-corrected chi connectivity index (χ2v) is 5.72. The number of allylic oxidation sites excluding steroid dienone is 1. The summed E-state index contributed by atoms with van der Waals surface area (Å²) >= 11 is 0. The molecule has 0 aliphatic heterocycles. The van der Waals surface area contributed by atoms with Crippen molar-refractivity contribution in [3.05, 3.63) is 73.3 Å². The van der Waals surface area contributed by atoms with Crippen LogP contribution in [0.15, 0.2) is 73.3 Å². The molecule has 0 radical (unpaired) electrons. The first kappa shape index (κ1) is 16.0. The molecule has 2 rings (SSSR count). The minimum atomic E-state index is -0.0714. The van der Waals surface area contributed by atoms with Crippen molar-refractivity contribution in [3.8, 4) is 0 Å². The summed E-state index contributed by atoms with van der Waals surface area (Å²) < 4.78 is 0. The first-order valence-electron chi connectivity index (χ1n) is 7.70. The SMILES string of the molecule is C=CCC(C(=O)N(c1ccccc1)c1ccccc1)C(C)C. The number of amides is 1. The summed E-state index contributed by atoms with van der Waals surface area (Å²) in [6.07, 6.45) is 2.52. The lowest BCUT2D eigenvalue weighted by molar-refractivity contribution is -0.122. The van der Waals surface area contributed by atoms with Crippen LogP contribution in [0.3, 0.4) is 0 Å². The molecule has 0 N–H and O–H groups in total. The number of hydrogen-bond donors (Lipinski definition) is 0. The zero-order chi connectivity index (χ0) is 15.9. The number of para-hydroxylation sites is 2. The van der Waals surface area contributed by atoms with Gasteiger partial charge in [0.15, 0.2) is 0 Å². The van der Waals surface area contributed by atoms with Gasteiger partial charge in [0.05, 0.1) is 0 Å². The van der Waals surface area contributed by atoms with Crippen molar-refractivity contribution in [1.82, 2.24) is 0 Å². The van der Waals surface area contributed by atoms with Crippen molar-refractivity contribution in [2.24, 2.45) is 11.8 Å². The van der Waals surface area contributed by atoms with E-state index in [4.69, 9.17) is 0 Å². The maximum Gasteiger partial charge on any atom is 0.235 e. The van der Waals surface area contributed by atoms with E-state index in [1.807, 2.05) is 71.6 Å². The molecule has 1 amide bonds. The monoisotopic (exact) mass is 293 g/mol. The zero-order valence-corrected chi connectivity index (χ0v) is 13.3. The van der Waals surface area contributed by atoms with Crippen molar-refractivity contribution in [1.29, 1.82) is 0 Å². The minimum Gasteiger partial charge on any atom is -0.281 e. The van der Waals surface area contributed by atoms with E-state index in [1.165, 1.54) is 0 Å². The summed E-state index contributed by atoms with van der Waals surface area (Å²) in [5.41, 5.74) is 1.79. The first-order chi connectivity index (χ1) is 10.6. The van der Waals surface area contributed by atoms with Crippen LogP contribution in [0.1, 0.15) is 20.3 Å². The van der Waals surface area contributed by atoms with E-state index < -0.39 is 0 Å². The summed E-state index contributed by atoms with van der Waals surface area (Å²) in [6.45, 7) is 7.97. The van der Waals surface area contributed by atoms with Gasteiger partial charge in [-0.25, -0.2) is 0 Å². The van der Waals surface area contributed by atoms with Crippen LogP contribution in [0.2, 0.25) is 0 Å². The summed E-state index contributed by atoms with van der Waals surface area (Å²) in [6, 6.07) is 19.6. The Morgan fingerprint density at radius 3 is 1.82 bits per heavy atom. The maximum absolute atomic E-state index is 13.2. The third-order valence-corrected chi connectivity index (χ3v) is 3.79. The van der Waals surface area contributed by atoms with Crippen molar-refractivity contribution in [2.75, 3.05) is 4.90 Å². The van der Waals surface area contributed by atoms with Gasteiger partial charge >= 0.3 is 0 Å². The Kier molecular flexibility index (Phi) is 5.54. The van der Waals surface area contributed by atoms with Gasteiger partial charge in [0, 0.05) is 17.3 Å². The molecule has 0 fully saturated rings. The molecule has 0 spiro atoms. The molecule has 0 saturated carbocycles. The van der Waals surface area contributed by atoms with E-state index in [1.54, 1.807) is 0 Å². The Morgan fingerprint density at radius 1 is 1.00 bits per heavy atom. The molecule has 0 aromatic heterocycles. The predicted molar refractivity (Wildman–Crippen MR) is 93.2 cm³/mol. The minimum absolute atomic E-state index is 0.0714. The van der Waals surface area contributed by atoms with E-state index in [0.717, 1.165) is 11.4 Å². The highest BCUT2D eigenvalue weighted by atomic mass is 16.2. The van der Waals surface area contributed by atoms with E-state index >= 15 is 0 Å². The number of carbonyl (C=O) groups excluding carboxylic acids is 1. The van der Waals surface area contributed by atoms with Crippen molar-refractivity contribution >= 4 is 17.3 Å². The molecular weight excluding hydrogens is 270 g/mol. The third-order valence-electron chi connectivity index (χ3n) is 3.79. The number of rotatable bonds is 6. The number of anilines is 2. The zero-order valence-electron chi connectivity index (χ0n) is 13.3. The Bertz CT molecular complexity index is 565. The molecule has 2 nitrogen and oxygen atoms in total. The lowest BCUT2D eigenvalue weighted by Crippen LogP contribution is -2.34. The largest absolute Gasteiger partial charge is 0.281 e. The van der Waals surface area contributed by atoms with Crippen molar-refractivity contribution in [3.63, 3.8) is 0 Å². The molecule has 114 valence electrons. The highest BCUT2D eigenvalue weighted by Gasteiger charge is 2.28. The van der Waals surface area contributed by atoms with Gasteiger partial charge in [0.25, 0.3) is 0 Å². The van der Waals surface area contributed by atoms with Crippen LogP contribution in [-0.2, 0) is 4.79 Å². The van der Waals surface area contributed by atoms with Crippen LogP contribution in [0.5, 0.6) is 0 Å². The summed E-state index contributed by atoms with van der Waals surface area (Å²) in [5.74, 6) is 0.311. The van der Waals surface area contributed by atoms with Gasteiger partial charge in [0.1, 0.15) is 0 Å². The third kappa shape index (κ3) is 3.64. The van der Waals surface area contributed by atoms with Crippen LogP contribution >= 0.6 is 0 Å².